The number of halogens is 1. The summed E-state index contributed by atoms with van der Waals surface area (Å²) >= 11 is 0. The highest BCUT2D eigenvalue weighted by Crippen LogP contribution is 2.25. The molecule has 0 saturated heterocycles. The lowest BCUT2D eigenvalue weighted by Gasteiger charge is -2.26. The molecule has 0 bridgehead atoms. The van der Waals surface area contributed by atoms with Crippen molar-refractivity contribution < 1.29 is 9.13 Å². The molecule has 2 rings (SSSR count). The number of hydrogen-bond acceptors (Lipinski definition) is 4. The molecule has 4 nitrogen and oxygen atoms in total. The lowest BCUT2D eigenvalue weighted by Crippen LogP contribution is -2.43. The predicted octanol–water partition coefficient (Wildman–Crippen LogP) is 3.73. The standard InChI is InChI=1S/C18H24FN3O/c1-12(2)9-18(4,20)11-23-17-13(3)7-15(10-22-17)14-5-6-21-16(19)8-14/h5-8,10,12H,9,11,20H2,1-4H3. The van der Waals surface area contributed by atoms with Crippen molar-refractivity contribution in [3.63, 3.8) is 0 Å². The van der Waals surface area contributed by atoms with Crippen LogP contribution in [0.4, 0.5) is 4.39 Å². The van der Waals surface area contributed by atoms with Crippen LogP contribution in [0.15, 0.2) is 30.6 Å². The molecule has 23 heavy (non-hydrogen) atoms. The van der Waals surface area contributed by atoms with Gasteiger partial charge in [-0.25, -0.2) is 9.97 Å². The molecule has 2 aromatic rings. The van der Waals surface area contributed by atoms with Crippen molar-refractivity contribution in [1.82, 2.24) is 9.97 Å². The summed E-state index contributed by atoms with van der Waals surface area (Å²) in [6.45, 7) is 8.58. The molecule has 5 heteroatoms. The van der Waals surface area contributed by atoms with Crippen molar-refractivity contribution in [1.29, 1.82) is 0 Å². The van der Waals surface area contributed by atoms with Gasteiger partial charge in [0.2, 0.25) is 11.8 Å². The average Bonchev–Trinajstić information content (AvgIpc) is 2.44. The van der Waals surface area contributed by atoms with Gasteiger partial charge in [-0.1, -0.05) is 13.8 Å². The molecule has 2 heterocycles. The van der Waals surface area contributed by atoms with E-state index in [0.29, 0.717) is 18.4 Å². The number of rotatable bonds is 6. The second-order valence-corrected chi connectivity index (χ2v) is 6.75. The average molecular weight is 317 g/mol. The summed E-state index contributed by atoms with van der Waals surface area (Å²) in [5.41, 5.74) is 8.31. The van der Waals surface area contributed by atoms with Crippen LogP contribution in [-0.4, -0.2) is 22.1 Å². The maximum absolute atomic E-state index is 13.2. The quantitative estimate of drug-likeness (QED) is 0.825. The Morgan fingerprint density at radius 2 is 2.00 bits per heavy atom. The topological polar surface area (TPSA) is 61.0 Å². The molecule has 1 atom stereocenters. The highest BCUT2D eigenvalue weighted by molar-refractivity contribution is 5.63. The predicted molar refractivity (Wildman–Crippen MR) is 89.7 cm³/mol. The summed E-state index contributed by atoms with van der Waals surface area (Å²) in [5, 5.41) is 0. The van der Waals surface area contributed by atoms with E-state index in [0.717, 1.165) is 23.1 Å². The van der Waals surface area contributed by atoms with Crippen LogP contribution in [0.25, 0.3) is 11.1 Å². The van der Waals surface area contributed by atoms with Crippen LogP contribution in [0.5, 0.6) is 5.88 Å². The number of aryl methyl sites for hydroxylation is 1. The summed E-state index contributed by atoms with van der Waals surface area (Å²) in [6, 6.07) is 5.06. The van der Waals surface area contributed by atoms with Crippen LogP contribution in [0, 0.1) is 18.8 Å². The molecule has 2 aromatic heterocycles. The number of pyridine rings is 2. The Kier molecular flexibility index (Phi) is 5.31. The Labute approximate surface area is 136 Å². The molecule has 0 spiro atoms. The van der Waals surface area contributed by atoms with Gasteiger partial charge in [0, 0.05) is 35.1 Å². The van der Waals surface area contributed by atoms with Gasteiger partial charge in [-0.05, 0) is 43.9 Å². The molecule has 124 valence electrons. The first-order valence-corrected chi connectivity index (χ1v) is 7.77. The van der Waals surface area contributed by atoms with Crippen molar-refractivity contribution in [2.45, 2.75) is 39.7 Å². The molecule has 0 saturated carbocycles. The van der Waals surface area contributed by atoms with Crippen molar-refractivity contribution in [3.8, 4) is 17.0 Å². The monoisotopic (exact) mass is 317 g/mol. The normalized spacial score (nSPS) is 13.9. The molecule has 0 aromatic carbocycles. The minimum absolute atomic E-state index is 0.394. The Balaban J connectivity index is 2.11. The largest absolute Gasteiger partial charge is 0.476 e. The van der Waals surface area contributed by atoms with Crippen LogP contribution < -0.4 is 10.5 Å². The van der Waals surface area contributed by atoms with Gasteiger partial charge in [0.05, 0.1) is 0 Å². The second kappa shape index (κ2) is 7.04. The van der Waals surface area contributed by atoms with Crippen molar-refractivity contribution >= 4 is 0 Å². The first-order chi connectivity index (χ1) is 10.8. The van der Waals surface area contributed by atoms with Crippen molar-refractivity contribution in [3.05, 3.63) is 42.1 Å². The molecule has 0 aliphatic carbocycles. The fourth-order valence-electron chi connectivity index (χ4n) is 2.68. The molecule has 0 aliphatic rings. The van der Waals surface area contributed by atoms with E-state index in [-0.39, 0.29) is 0 Å². The third-order valence-corrected chi connectivity index (χ3v) is 3.50. The van der Waals surface area contributed by atoms with Crippen molar-refractivity contribution in [2.24, 2.45) is 11.7 Å². The maximum Gasteiger partial charge on any atom is 0.216 e. The highest BCUT2D eigenvalue weighted by Gasteiger charge is 2.21. The minimum Gasteiger partial charge on any atom is -0.476 e. The Morgan fingerprint density at radius 1 is 1.26 bits per heavy atom. The van der Waals surface area contributed by atoms with E-state index in [1.54, 1.807) is 12.3 Å². The van der Waals surface area contributed by atoms with Gasteiger partial charge in [0.1, 0.15) is 6.61 Å². The summed E-state index contributed by atoms with van der Waals surface area (Å²) in [5.74, 6) is 0.559. The van der Waals surface area contributed by atoms with E-state index in [4.69, 9.17) is 10.5 Å². The summed E-state index contributed by atoms with van der Waals surface area (Å²) in [7, 11) is 0. The van der Waals surface area contributed by atoms with E-state index in [9.17, 15) is 4.39 Å². The van der Waals surface area contributed by atoms with Gasteiger partial charge in [-0.2, -0.15) is 4.39 Å². The van der Waals surface area contributed by atoms with E-state index < -0.39 is 11.5 Å². The second-order valence-electron chi connectivity index (χ2n) is 6.75. The van der Waals surface area contributed by atoms with Crippen LogP contribution in [0.3, 0.4) is 0 Å². The SMILES string of the molecule is Cc1cc(-c2ccnc(F)c2)cnc1OCC(C)(N)CC(C)C. The lowest BCUT2D eigenvalue weighted by atomic mass is 9.93. The molecule has 2 N–H and O–H groups in total. The lowest BCUT2D eigenvalue weighted by molar-refractivity contribution is 0.199. The first kappa shape index (κ1) is 17.3. The molecular formula is C18H24FN3O. The van der Waals surface area contributed by atoms with Gasteiger partial charge in [0.25, 0.3) is 0 Å². The fraction of sp³-hybridized carbons (Fsp3) is 0.444. The fourth-order valence-corrected chi connectivity index (χ4v) is 2.68. The highest BCUT2D eigenvalue weighted by atomic mass is 19.1. The number of aromatic nitrogens is 2. The number of nitrogens with two attached hydrogens (primary N) is 1. The van der Waals surface area contributed by atoms with Crippen LogP contribution in [-0.2, 0) is 0 Å². The first-order valence-electron chi connectivity index (χ1n) is 7.77. The molecule has 1 unspecified atom stereocenters. The van der Waals surface area contributed by atoms with Gasteiger partial charge in [-0.3, -0.25) is 0 Å². The van der Waals surface area contributed by atoms with Crippen LogP contribution in [0.1, 0.15) is 32.8 Å². The zero-order valence-electron chi connectivity index (χ0n) is 14.1. The van der Waals surface area contributed by atoms with Crippen LogP contribution in [0.2, 0.25) is 0 Å². The smallest absolute Gasteiger partial charge is 0.216 e. The number of hydrogen-bond donors (Lipinski definition) is 1. The molecular weight excluding hydrogens is 293 g/mol. The summed E-state index contributed by atoms with van der Waals surface area (Å²) in [6.07, 6.45) is 3.99. The number of ether oxygens (including phenoxy) is 1. The minimum atomic E-state index is -0.506. The van der Waals surface area contributed by atoms with Gasteiger partial charge >= 0.3 is 0 Å². The Morgan fingerprint density at radius 3 is 2.61 bits per heavy atom. The van der Waals surface area contributed by atoms with Crippen molar-refractivity contribution in [2.75, 3.05) is 6.61 Å². The van der Waals surface area contributed by atoms with E-state index in [1.807, 2.05) is 19.9 Å². The molecule has 0 fully saturated rings. The van der Waals surface area contributed by atoms with Gasteiger partial charge < -0.3 is 10.5 Å². The van der Waals surface area contributed by atoms with Gasteiger partial charge in [-0.15, -0.1) is 0 Å². The number of nitrogens with zero attached hydrogens (tertiary/aromatic N) is 2. The summed E-state index contributed by atoms with van der Waals surface area (Å²) in [4.78, 5) is 7.91. The molecule has 0 radical (unpaired) electrons. The third-order valence-electron chi connectivity index (χ3n) is 3.50. The Bertz CT molecular complexity index is 671. The third kappa shape index (κ3) is 4.99. The molecule has 0 aliphatic heterocycles. The zero-order chi connectivity index (χ0) is 17.0. The Hall–Kier alpha value is -2.01. The summed E-state index contributed by atoms with van der Waals surface area (Å²) < 4.78 is 19.0. The van der Waals surface area contributed by atoms with E-state index in [2.05, 4.69) is 23.8 Å². The van der Waals surface area contributed by atoms with E-state index >= 15 is 0 Å². The van der Waals surface area contributed by atoms with Crippen LogP contribution >= 0.6 is 0 Å². The van der Waals surface area contributed by atoms with E-state index in [1.165, 1.54) is 12.3 Å². The molecule has 0 amide bonds. The zero-order valence-corrected chi connectivity index (χ0v) is 14.1. The maximum atomic E-state index is 13.2. The van der Waals surface area contributed by atoms with Gasteiger partial charge in [0.15, 0.2) is 0 Å².